The number of methoxy groups -OCH3 is 2. The molecule has 0 spiro atoms. The van der Waals surface area contributed by atoms with Gasteiger partial charge in [0.2, 0.25) is 0 Å². The van der Waals surface area contributed by atoms with Crippen molar-refractivity contribution >= 4 is 23.0 Å². The fraction of sp³-hybridized carbons (Fsp3) is 0.588. The molecule has 1 heterocycles. The summed E-state index contributed by atoms with van der Waals surface area (Å²) in [4.78, 5) is 12.4. The molecule has 150 valence electrons. The summed E-state index contributed by atoms with van der Waals surface area (Å²) in [5.41, 5.74) is 0.565. The van der Waals surface area contributed by atoms with Crippen LogP contribution in [0, 0.1) is 10.1 Å². The minimum Gasteiger partial charge on any atom is -0.493 e. The highest BCUT2D eigenvalue weighted by Gasteiger charge is 2.19. The zero-order chi connectivity index (χ0) is 19.6. The topological polar surface area (TPSA) is 99.3 Å². The highest BCUT2D eigenvalue weighted by atomic mass is 32.1. The number of thiocarbonyl (C=S) groups is 1. The van der Waals surface area contributed by atoms with Gasteiger partial charge in [-0.25, -0.2) is 0 Å². The molecule has 0 bridgehead atoms. The van der Waals surface area contributed by atoms with Crippen molar-refractivity contribution in [2.75, 3.05) is 60.2 Å². The molecule has 3 N–H and O–H groups in total. The Labute approximate surface area is 164 Å². The Bertz CT molecular complexity index is 652. The van der Waals surface area contributed by atoms with E-state index in [4.69, 9.17) is 26.4 Å². The van der Waals surface area contributed by atoms with Crippen molar-refractivity contribution in [3.8, 4) is 11.5 Å². The molecule has 0 aromatic heterocycles. The minimum absolute atomic E-state index is 0.00393. The Kier molecular flexibility index (Phi) is 8.49. The lowest BCUT2D eigenvalue weighted by Crippen LogP contribution is -3.14. The predicted octanol–water partition coefficient (Wildman–Crippen LogP) is -0.466. The lowest BCUT2D eigenvalue weighted by molar-refractivity contribution is -0.906. The second kappa shape index (κ2) is 10.9. The zero-order valence-corrected chi connectivity index (χ0v) is 16.5. The Balaban J connectivity index is 1.81. The molecule has 0 atom stereocenters. The maximum absolute atomic E-state index is 11.3. The van der Waals surface area contributed by atoms with Crippen LogP contribution in [-0.4, -0.2) is 70.2 Å². The van der Waals surface area contributed by atoms with E-state index in [9.17, 15) is 10.1 Å². The van der Waals surface area contributed by atoms with Gasteiger partial charge in [-0.1, -0.05) is 0 Å². The second-order valence-electron chi connectivity index (χ2n) is 6.14. The van der Waals surface area contributed by atoms with Gasteiger partial charge in [-0.2, -0.15) is 0 Å². The molecule has 9 nitrogen and oxygen atoms in total. The van der Waals surface area contributed by atoms with Crippen LogP contribution in [-0.2, 0) is 11.2 Å². The summed E-state index contributed by atoms with van der Waals surface area (Å²) in [5.74, 6) is 0.802. The van der Waals surface area contributed by atoms with Crippen LogP contribution in [0.25, 0.3) is 0 Å². The Morgan fingerprint density at radius 1 is 1.22 bits per heavy atom. The summed E-state index contributed by atoms with van der Waals surface area (Å²) < 4.78 is 15.7. The quantitative estimate of drug-likeness (QED) is 0.291. The number of rotatable bonds is 9. The first kappa shape index (κ1) is 21.1. The van der Waals surface area contributed by atoms with Crippen molar-refractivity contribution in [1.82, 2.24) is 10.6 Å². The van der Waals surface area contributed by atoms with Crippen molar-refractivity contribution < 1.29 is 24.0 Å². The molecule has 27 heavy (non-hydrogen) atoms. The molecule has 0 unspecified atom stereocenters. The lowest BCUT2D eigenvalue weighted by atomic mass is 10.1. The third-order valence-electron chi connectivity index (χ3n) is 4.43. The predicted molar refractivity (Wildman–Crippen MR) is 105 cm³/mol. The van der Waals surface area contributed by atoms with E-state index in [0.29, 0.717) is 35.1 Å². The highest BCUT2D eigenvalue weighted by molar-refractivity contribution is 7.80. The van der Waals surface area contributed by atoms with E-state index < -0.39 is 4.92 Å². The average Bonchev–Trinajstić information content (AvgIpc) is 2.68. The molecule has 1 aliphatic rings. The van der Waals surface area contributed by atoms with Gasteiger partial charge < -0.3 is 29.7 Å². The van der Waals surface area contributed by atoms with Gasteiger partial charge in [0.25, 0.3) is 5.69 Å². The van der Waals surface area contributed by atoms with Crippen LogP contribution in [0.1, 0.15) is 5.56 Å². The number of hydrogen-bond acceptors (Lipinski definition) is 6. The van der Waals surface area contributed by atoms with Crippen LogP contribution >= 0.6 is 12.2 Å². The normalized spacial score (nSPS) is 14.4. The van der Waals surface area contributed by atoms with E-state index in [2.05, 4.69) is 10.6 Å². The van der Waals surface area contributed by atoms with Gasteiger partial charge in [0.05, 0.1) is 51.5 Å². The zero-order valence-electron chi connectivity index (χ0n) is 15.7. The summed E-state index contributed by atoms with van der Waals surface area (Å²) in [6.45, 7) is 5.89. The highest BCUT2D eigenvalue weighted by Crippen LogP contribution is 2.34. The summed E-state index contributed by atoms with van der Waals surface area (Å²) in [7, 11) is 2.95. The van der Waals surface area contributed by atoms with Crippen LogP contribution in [0.2, 0.25) is 0 Å². The van der Waals surface area contributed by atoms with Crippen molar-refractivity contribution in [2.24, 2.45) is 0 Å². The Morgan fingerprint density at radius 3 is 2.48 bits per heavy atom. The monoisotopic (exact) mass is 399 g/mol. The van der Waals surface area contributed by atoms with Gasteiger partial charge in [-0.15, -0.1) is 0 Å². The maximum Gasteiger partial charge on any atom is 0.276 e. The number of benzene rings is 1. The number of nitrogens with zero attached hydrogens (tertiary/aromatic N) is 1. The molecule has 2 rings (SSSR count). The summed E-state index contributed by atoms with van der Waals surface area (Å²) in [6.07, 6.45) is 0.438. The van der Waals surface area contributed by atoms with Gasteiger partial charge in [0.1, 0.15) is 13.1 Å². The summed E-state index contributed by atoms with van der Waals surface area (Å²) in [6, 6.07) is 3.02. The Morgan fingerprint density at radius 2 is 1.85 bits per heavy atom. The van der Waals surface area contributed by atoms with E-state index in [1.165, 1.54) is 25.2 Å². The molecular formula is C17H27N4O5S+. The first-order chi connectivity index (χ1) is 13.0. The molecule has 0 amide bonds. The SMILES string of the molecule is COc1cc(CCNC(=S)NCC[NH+]2CCOCC2)c([N+](=O)[O-])cc1OC. The van der Waals surface area contributed by atoms with E-state index in [1.54, 1.807) is 6.07 Å². The second-order valence-corrected chi connectivity index (χ2v) is 6.55. The Hall–Kier alpha value is -2.17. The number of nitrogens with one attached hydrogen (secondary N) is 3. The molecule has 1 aromatic rings. The average molecular weight is 399 g/mol. The first-order valence-electron chi connectivity index (χ1n) is 8.87. The molecule has 1 aromatic carbocycles. The fourth-order valence-corrected chi connectivity index (χ4v) is 3.12. The van der Waals surface area contributed by atoms with Crippen LogP contribution < -0.4 is 25.0 Å². The van der Waals surface area contributed by atoms with E-state index >= 15 is 0 Å². The van der Waals surface area contributed by atoms with E-state index in [-0.39, 0.29) is 5.69 Å². The molecule has 1 saturated heterocycles. The third kappa shape index (κ3) is 6.49. The summed E-state index contributed by atoms with van der Waals surface area (Å²) in [5, 5.41) is 18.1. The number of hydrogen-bond donors (Lipinski definition) is 3. The molecule has 1 fully saturated rings. The largest absolute Gasteiger partial charge is 0.493 e. The number of quaternary nitrogens is 1. The number of ether oxygens (including phenoxy) is 3. The smallest absolute Gasteiger partial charge is 0.276 e. The standard InChI is InChI=1S/C17H26N4O5S/c1-24-15-11-13(14(21(22)23)12-16(15)25-2)3-4-18-17(27)19-5-6-20-7-9-26-10-8-20/h11-12H,3-10H2,1-2H3,(H2,18,19,27)/p+1. The molecule has 0 aliphatic carbocycles. The molecule has 1 aliphatic heterocycles. The van der Waals surface area contributed by atoms with E-state index in [0.717, 1.165) is 39.4 Å². The van der Waals surface area contributed by atoms with Crippen LogP contribution in [0.3, 0.4) is 0 Å². The van der Waals surface area contributed by atoms with Crippen LogP contribution in [0.5, 0.6) is 11.5 Å². The fourth-order valence-electron chi connectivity index (χ4n) is 2.92. The molecular weight excluding hydrogens is 372 g/mol. The van der Waals surface area contributed by atoms with E-state index in [1.807, 2.05) is 0 Å². The van der Waals surface area contributed by atoms with Gasteiger partial charge in [-0.3, -0.25) is 10.1 Å². The van der Waals surface area contributed by atoms with Crippen molar-refractivity contribution in [3.63, 3.8) is 0 Å². The van der Waals surface area contributed by atoms with Gasteiger partial charge >= 0.3 is 0 Å². The van der Waals surface area contributed by atoms with Crippen LogP contribution in [0.15, 0.2) is 12.1 Å². The minimum atomic E-state index is -0.418. The summed E-state index contributed by atoms with van der Waals surface area (Å²) >= 11 is 5.27. The molecule has 10 heteroatoms. The van der Waals surface area contributed by atoms with Gasteiger partial charge in [0, 0.05) is 12.1 Å². The third-order valence-corrected chi connectivity index (χ3v) is 4.71. The number of nitro groups is 1. The van der Waals surface area contributed by atoms with Crippen LogP contribution in [0.4, 0.5) is 5.69 Å². The lowest BCUT2D eigenvalue weighted by Gasteiger charge is -2.24. The van der Waals surface area contributed by atoms with Crippen molar-refractivity contribution in [2.45, 2.75) is 6.42 Å². The van der Waals surface area contributed by atoms with Crippen molar-refractivity contribution in [3.05, 3.63) is 27.8 Å². The van der Waals surface area contributed by atoms with Gasteiger partial charge in [0.15, 0.2) is 16.6 Å². The van der Waals surface area contributed by atoms with Gasteiger partial charge in [-0.05, 0) is 24.7 Å². The first-order valence-corrected chi connectivity index (χ1v) is 9.28. The molecule has 0 saturated carbocycles. The number of nitro benzene ring substituents is 1. The maximum atomic E-state index is 11.3. The number of morpholine rings is 1. The molecule has 0 radical (unpaired) electrons. The van der Waals surface area contributed by atoms with Crippen molar-refractivity contribution in [1.29, 1.82) is 0 Å².